The Bertz CT molecular complexity index is 555. The molecule has 3 N–H and O–H groups in total. The smallest absolute Gasteiger partial charge is 0.0968 e. The number of nitrogens with one attached hydrogen (secondary N) is 1. The first-order valence-corrected chi connectivity index (χ1v) is 6.15. The number of hydrogen-bond donors (Lipinski definition) is 2. The third kappa shape index (κ3) is 1.67. The van der Waals surface area contributed by atoms with Crippen molar-refractivity contribution in [2.75, 3.05) is 0 Å². The number of benzene rings is 1. The maximum Gasteiger partial charge on any atom is 0.0968 e. The Kier molecular flexibility index (Phi) is 2.48. The molecule has 0 atom stereocenters. The molecule has 1 aromatic heterocycles. The third-order valence-electron chi connectivity index (χ3n) is 3.65. The van der Waals surface area contributed by atoms with Crippen molar-refractivity contribution in [1.29, 1.82) is 0 Å². The van der Waals surface area contributed by atoms with Gasteiger partial charge in [-0.25, -0.2) is 0 Å². The lowest BCUT2D eigenvalue weighted by atomic mass is 10.0. The Hall–Kier alpha value is -1.61. The molecule has 88 valence electrons. The molecule has 0 bridgehead atoms. The molecule has 1 heterocycles. The van der Waals surface area contributed by atoms with Crippen molar-refractivity contribution in [3.05, 3.63) is 40.6 Å². The van der Waals surface area contributed by atoms with Crippen LogP contribution in [0.3, 0.4) is 0 Å². The van der Waals surface area contributed by atoms with Crippen LogP contribution in [0.5, 0.6) is 0 Å². The van der Waals surface area contributed by atoms with Gasteiger partial charge in [-0.15, -0.1) is 0 Å². The Morgan fingerprint density at radius 2 is 2.12 bits per heavy atom. The summed E-state index contributed by atoms with van der Waals surface area (Å²) in [5.74, 6) is 0. The van der Waals surface area contributed by atoms with Crippen molar-refractivity contribution in [3.63, 3.8) is 0 Å². The Morgan fingerprint density at radius 3 is 2.94 bits per heavy atom. The quantitative estimate of drug-likeness (QED) is 0.827. The van der Waals surface area contributed by atoms with Gasteiger partial charge in [0.05, 0.1) is 5.69 Å². The fourth-order valence-corrected chi connectivity index (χ4v) is 2.66. The van der Waals surface area contributed by atoms with Crippen LogP contribution in [0.2, 0.25) is 0 Å². The van der Waals surface area contributed by atoms with Gasteiger partial charge in [0.1, 0.15) is 0 Å². The van der Waals surface area contributed by atoms with Gasteiger partial charge >= 0.3 is 0 Å². The number of hydrogen-bond acceptors (Lipinski definition) is 2. The zero-order valence-corrected chi connectivity index (χ0v) is 10.1. The summed E-state index contributed by atoms with van der Waals surface area (Å²) in [6.07, 6.45) is 3.70. The molecule has 3 nitrogen and oxygen atoms in total. The molecule has 0 amide bonds. The molecule has 0 aliphatic heterocycles. The minimum atomic E-state index is 0.536. The van der Waals surface area contributed by atoms with Gasteiger partial charge in [-0.3, -0.25) is 5.10 Å². The summed E-state index contributed by atoms with van der Waals surface area (Å²) in [6.45, 7) is 2.56. The predicted molar refractivity (Wildman–Crippen MR) is 68.7 cm³/mol. The van der Waals surface area contributed by atoms with E-state index >= 15 is 0 Å². The molecule has 0 radical (unpaired) electrons. The molecule has 0 fully saturated rings. The van der Waals surface area contributed by atoms with Crippen LogP contribution in [-0.4, -0.2) is 10.2 Å². The topological polar surface area (TPSA) is 54.7 Å². The molecule has 0 saturated carbocycles. The van der Waals surface area contributed by atoms with E-state index in [9.17, 15) is 0 Å². The van der Waals surface area contributed by atoms with Gasteiger partial charge in [0.2, 0.25) is 0 Å². The van der Waals surface area contributed by atoms with Gasteiger partial charge in [-0.1, -0.05) is 12.1 Å². The van der Waals surface area contributed by atoms with Gasteiger partial charge < -0.3 is 5.73 Å². The van der Waals surface area contributed by atoms with E-state index in [1.807, 2.05) is 6.92 Å². The number of aromatic nitrogens is 2. The lowest BCUT2D eigenvalue weighted by Gasteiger charge is -2.04. The van der Waals surface area contributed by atoms with E-state index in [4.69, 9.17) is 5.73 Å². The van der Waals surface area contributed by atoms with E-state index in [1.54, 1.807) is 0 Å². The minimum absolute atomic E-state index is 0.536. The number of rotatable bonds is 2. The van der Waals surface area contributed by atoms with Crippen LogP contribution in [0, 0.1) is 6.92 Å². The lowest BCUT2D eigenvalue weighted by Crippen LogP contribution is -1.99. The average Bonchev–Trinajstić information content (AvgIpc) is 2.93. The van der Waals surface area contributed by atoms with Crippen molar-refractivity contribution in [1.82, 2.24) is 10.2 Å². The molecule has 17 heavy (non-hydrogen) atoms. The van der Waals surface area contributed by atoms with E-state index in [0.717, 1.165) is 17.0 Å². The van der Waals surface area contributed by atoms with E-state index in [0.29, 0.717) is 6.54 Å². The SMILES string of the molecule is Cc1[nH]nc(-c2ccc3c(c2)CCC3)c1CN. The molecule has 0 saturated heterocycles. The minimum Gasteiger partial charge on any atom is -0.326 e. The number of fused-ring (bicyclic) bond motifs is 1. The third-order valence-corrected chi connectivity index (χ3v) is 3.65. The number of nitrogens with zero attached hydrogens (tertiary/aromatic N) is 1. The van der Waals surface area contributed by atoms with Crippen LogP contribution in [0.25, 0.3) is 11.3 Å². The number of aryl methyl sites for hydroxylation is 3. The Labute approximate surface area is 101 Å². The number of H-pyrrole nitrogens is 1. The first-order chi connectivity index (χ1) is 8.29. The normalized spacial score (nSPS) is 14.0. The van der Waals surface area contributed by atoms with E-state index in [1.165, 1.54) is 36.0 Å². The summed E-state index contributed by atoms with van der Waals surface area (Å²) in [6, 6.07) is 6.68. The fourth-order valence-electron chi connectivity index (χ4n) is 2.66. The summed E-state index contributed by atoms with van der Waals surface area (Å²) in [5.41, 5.74) is 13.2. The zero-order valence-electron chi connectivity index (χ0n) is 10.1. The highest BCUT2D eigenvalue weighted by Crippen LogP contribution is 2.29. The highest BCUT2D eigenvalue weighted by Gasteiger charge is 2.15. The second-order valence-corrected chi connectivity index (χ2v) is 4.72. The highest BCUT2D eigenvalue weighted by molar-refractivity contribution is 5.65. The predicted octanol–water partition coefficient (Wildman–Crippen LogP) is 2.33. The molecule has 1 aromatic carbocycles. The standard InChI is InChI=1S/C14H17N3/c1-9-13(8-15)14(17-16-9)12-6-5-10-3-2-4-11(10)7-12/h5-7H,2-4,8,15H2,1H3,(H,16,17). The van der Waals surface area contributed by atoms with E-state index in [2.05, 4.69) is 28.4 Å². The van der Waals surface area contributed by atoms with Gasteiger partial charge in [-0.05, 0) is 43.4 Å². The number of aromatic amines is 1. The second-order valence-electron chi connectivity index (χ2n) is 4.72. The van der Waals surface area contributed by atoms with Gasteiger partial charge in [0, 0.05) is 23.4 Å². The Morgan fingerprint density at radius 1 is 1.29 bits per heavy atom. The highest BCUT2D eigenvalue weighted by atomic mass is 15.1. The molecular formula is C14H17N3. The van der Waals surface area contributed by atoms with Crippen molar-refractivity contribution < 1.29 is 0 Å². The molecule has 1 aliphatic carbocycles. The van der Waals surface area contributed by atoms with Crippen molar-refractivity contribution >= 4 is 0 Å². The van der Waals surface area contributed by atoms with E-state index in [-0.39, 0.29) is 0 Å². The number of nitrogens with two attached hydrogens (primary N) is 1. The van der Waals surface area contributed by atoms with Gasteiger partial charge in [0.15, 0.2) is 0 Å². The van der Waals surface area contributed by atoms with Gasteiger partial charge in [0.25, 0.3) is 0 Å². The van der Waals surface area contributed by atoms with Crippen LogP contribution in [0.4, 0.5) is 0 Å². The summed E-state index contributed by atoms with van der Waals surface area (Å²) >= 11 is 0. The van der Waals surface area contributed by atoms with Crippen molar-refractivity contribution in [2.45, 2.75) is 32.7 Å². The first kappa shape index (κ1) is 10.5. The molecule has 1 aliphatic rings. The molecule has 3 heteroatoms. The first-order valence-electron chi connectivity index (χ1n) is 6.15. The largest absolute Gasteiger partial charge is 0.326 e. The average molecular weight is 227 g/mol. The van der Waals surface area contributed by atoms with Crippen molar-refractivity contribution in [2.24, 2.45) is 5.73 Å². The fraction of sp³-hybridized carbons (Fsp3) is 0.357. The van der Waals surface area contributed by atoms with Crippen LogP contribution in [0.15, 0.2) is 18.2 Å². The van der Waals surface area contributed by atoms with Crippen LogP contribution < -0.4 is 5.73 Å². The monoisotopic (exact) mass is 227 g/mol. The Balaban J connectivity index is 2.09. The maximum absolute atomic E-state index is 5.79. The molecule has 0 unspecified atom stereocenters. The molecular weight excluding hydrogens is 210 g/mol. The van der Waals surface area contributed by atoms with Gasteiger partial charge in [-0.2, -0.15) is 5.10 Å². The molecule has 2 aromatic rings. The maximum atomic E-state index is 5.79. The van der Waals surface area contributed by atoms with Crippen molar-refractivity contribution in [3.8, 4) is 11.3 Å². The summed E-state index contributed by atoms with van der Waals surface area (Å²) in [7, 11) is 0. The molecule has 3 rings (SSSR count). The van der Waals surface area contributed by atoms with Crippen LogP contribution in [-0.2, 0) is 19.4 Å². The molecule has 0 spiro atoms. The zero-order chi connectivity index (χ0) is 11.8. The van der Waals surface area contributed by atoms with E-state index < -0.39 is 0 Å². The lowest BCUT2D eigenvalue weighted by molar-refractivity contribution is 0.912. The summed E-state index contributed by atoms with van der Waals surface area (Å²) in [4.78, 5) is 0. The summed E-state index contributed by atoms with van der Waals surface area (Å²) in [5, 5.41) is 7.40. The summed E-state index contributed by atoms with van der Waals surface area (Å²) < 4.78 is 0. The van der Waals surface area contributed by atoms with Crippen LogP contribution in [0.1, 0.15) is 28.8 Å². The second kappa shape index (κ2) is 4.00. The van der Waals surface area contributed by atoms with Crippen LogP contribution >= 0.6 is 0 Å².